The van der Waals surface area contributed by atoms with Gasteiger partial charge in [-0.3, -0.25) is 14.0 Å². The van der Waals surface area contributed by atoms with Crippen LogP contribution in [0, 0.1) is 6.92 Å². The normalized spacial score (nSPS) is 10.8. The van der Waals surface area contributed by atoms with E-state index in [1.807, 2.05) is 31.2 Å². The minimum atomic E-state index is -0.384. The van der Waals surface area contributed by atoms with E-state index in [4.69, 9.17) is 0 Å². The Labute approximate surface area is 131 Å². The number of nitrogens with zero attached hydrogens (tertiary/aromatic N) is 2. The Morgan fingerprint density at radius 2 is 2.09 bits per heavy atom. The summed E-state index contributed by atoms with van der Waals surface area (Å²) in [6, 6.07) is 8.15. The SMILES string of the molecule is Cc1ccc(CCNC(=O)c2cnc3sccn3c2=O)cc1. The summed E-state index contributed by atoms with van der Waals surface area (Å²) in [4.78, 5) is 29.0. The predicted molar refractivity (Wildman–Crippen MR) is 86.6 cm³/mol. The molecule has 5 nitrogen and oxygen atoms in total. The number of hydrogen-bond donors (Lipinski definition) is 1. The molecule has 0 unspecified atom stereocenters. The number of carbonyl (C=O) groups is 1. The zero-order valence-corrected chi connectivity index (χ0v) is 12.9. The van der Waals surface area contributed by atoms with Gasteiger partial charge in [-0.1, -0.05) is 29.8 Å². The summed E-state index contributed by atoms with van der Waals surface area (Å²) < 4.78 is 1.39. The highest BCUT2D eigenvalue weighted by Crippen LogP contribution is 2.06. The minimum absolute atomic E-state index is 0.0693. The van der Waals surface area contributed by atoms with Gasteiger partial charge in [-0.2, -0.15) is 0 Å². The maximum Gasteiger partial charge on any atom is 0.271 e. The predicted octanol–water partition coefficient (Wildman–Crippen LogP) is 2.04. The molecule has 0 bridgehead atoms. The van der Waals surface area contributed by atoms with E-state index < -0.39 is 0 Å². The lowest BCUT2D eigenvalue weighted by molar-refractivity contribution is 0.0952. The molecule has 0 aliphatic heterocycles. The molecule has 0 saturated carbocycles. The van der Waals surface area contributed by atoms with Crippen LogP contribution in [0.15, 0.2) is 46.8 Å². The van der Waals surface area contributed by atoms with Crippen molar-refractivity contribution in [2.24, 2.45) is 0 Å². The highest BCUT2D eigenvalue weighted by Gasteiger charge is 2.13. The summed E-state index contributed by atoms with van der Waals surface area (Å²) in [6.07, 6.45) is 3.69. The van der Waals surface area contributed by atoms with Crippen molar-refractivity contribution in [3.63, 3.8) is 0 Å². The number of hydrogen-bond acceptors (Lipinski definition) is 4. The molecule has 1 aromatic carbocycles. The Morgan fingerprint density at radius 3 is 2.86 bits per heavy atom. The third-order valence-electron chi connectivity index (χ3n) is 3.41. The average molecular weight is 313 g/mol. The van der Waals surface area contributed by atoms with Crippen LogP contribution < -0.4 is 10.9 Å². The van der Waals surface area contributed by atoms with E-state index in [-0.39, 0.29) is 17.0 Å². The quantitative estimate of drug-likeness (QED) is 0.801. The van der Waals surface area contributed by atoms with Gasteiger partial charge in [0.25, 0.3) is 11.5 Å². The van der Waals surface area contributed by atoms with Gasteiger partial charge in [-0.15, -0.1) is 11.3 Å². The summed E-state index contributed by atoms with van der Waals surface area (Å²) in [5, 5.41) is 4.54. The van der Waals surface area contributed by atoms with Gasteiger partial charge in [-0.25, -0.2) is 4.98 Å². The molecular weight excluding hydrogens is 298 g/mol. The van der Waals surface area contributed by atoms with Crippen LogP contribution in [0.4, 0.5) is 0 Å². The molecule has 3 aromatic rings. The van der Waals surface area contributed by atoms with Gasteiger partial charge >= 0.3 is 0 Å². The standard InChI is InChI=1S/C16H15N3O2S/c1-11-2-4-12(5-3-11)6-7-17-14(20)13-10-18-16-19(15(13)21)8-9-22-16/h2-5,8-10H,6-7H2,1H3,(H,17,20). The zero-order chi connectivity index (χ0) is 15.5. The molecule has 0 atom stereocenters. The monoisotopic (exact) mass is 313 g/mol. The largest absolute Gasteiger partial charge is 0.351 e. The molecule has 3 rings (SSSR count). The van der Waals surface area contributed by atoms with Gasteiger partial charge in [0.05, 0.1) is 0 Å². The number of carbonyl (C=O) groups excluding carboxylic acids is 1. The molecule has 2 aromatic heterocycles. The van der Waals surface area contributed by atoms with Crippen molar-refractivity contribution in [2.45, 2.75) is 13.3 Å². The van der Waals surface area contributed by atoms with Crippen LogP contribution in [-0.2, 0) is 6.42 Å². The van der Waals surface area contributed by atoms with Gasteiger partial charge in [0.15, 0.2) is 4.96 Å². The number of benzene rings is 1. The van der Waals surface area contributed by atoms with Crippen molar-refractivity contribution >= 4 is 22.2 Å². The molecule has 0 aliphatic carbocycles. The third kappa shape index (κ3) is 2.92. The van der Waals surface area contributed by atoms with Gasteiger partial charge in [0.2, 0.25) is 0 Å². The number of rotatable bonds is 4. The highest BCUT2D eigenvalue weighted by molar-refractivity contribution is 7.15. The Hall–Kier alpha value is -2.47. The molecule has 1 amide bonds. The molecule has 112 valence electrons. The molecule has 0 fully saturated rings. The van der Waals surface area contributed by atoms with Crippen molar-refractivity contribution in [1.82, 2.24) is 14.7 Å². The number of aromatic nitrogens is 2. The lowest BCUT2D eigenvalue weighted by Crippen LogP contribution is -2.32. The average Bonchev–Trinajstić information content (AvgIpc) is 2.99. The van der Waals surface area contributed by atoms with Crippen molar-refractivity contribution in [1.29, 1.82) is 0 Å². The first-order valence-corrected chi connectivity index (χ1v) is 7.82. The molecule has 6 heteroatoms. The molecular formula is C16H15N3O2S. The van der Waals surface area contributed by atoms with E-state index >= 15 is 0 Å². The summed E-state index contributed by atoms with van der Waals surface area (Å²) in [7, 11) is 0. The van der Waals surface area contributed by atoms with Crippen LogP contribution in [0.25, 0.3) is 4.96 Å². The van der Waals surface area contributed by atoms with Crippen LogP contribution in [0.2, 0.25) is 0 Å². The summed E-state index contributed by atoms with van der Waals surface area (Å²) >= 11 is 1.36. The molecule has 0 saturated heterocycles. The van der Waals surface area contributed by atoms with Gasteiger partial charge in [0.1, 0.15) is 5.56 Å². The lowest BCUT2D eigenvalue weighted by Gasteiger charge is -2.05. The van der Waals surface area contributed by atoms with E-state index in [1.165, 1.54) is 27.5 Å². The summed E-state index contributed by atoms with van der Waals surface area (Å²) in [5.41, 5.74) is 2.09. The maximum absolute atomic E-state index is 12.2. The number of amides is 1. The summed E-state index contributed by atoms with van der Waals surface area (Å²) in [5.74, 6) is -0.384. The smallest absolute Gasteiger partial charge is 0.271 e. The van der Waals surface area contributed by atoms with E-state index in [0.29, 0.717) is 11.5 Å². The third-order valence-corrected chi connectivity index (χ3v) is 4.18. The van der Waals surface area contributed by atoms with E-state index in [1.54, 1.807) is 11.6 Å². The van der Waals surface area contributed by atoms with E-state index in [0.717, 1.165) is 12.0 Å². The van der Waals surface area contributed by atoms with Gasteiger partial charge in [0, 0.05) is 24.3 Å². The maximum atomic E-state index is 12.2. The van der Waals surface area contributed by atoms with Crippen LogP contribution in [0.1, 0.15) is 21.5 Å². The fraction of sp³-hybridized carbons (Fsp3) is 0.188. The van der Waals surface area contributed by atoms with Crippen molar-refractivity contribution < 1.29 is 4.79 Å². The van der Waals surface area contributed by atoms with Crippen molar-refractivity contribution in [2.75, 3.05) is 6.54 Å². The van der Waals surface area contributed by atoms with Crippen LogP contribution in [-0.4, -0.2) is 21.8 Å². The second-order valence-electron chi connectivity index (χ2n) is 5.02. The minimum Gasteiger partial charge on any atom is -0.351 e. The molecule has 22 heavy (non-hydrogen) atoms. The van der Waals surface area contributed by atoms with Gasteiger partial charge < -0.3 is 5.32 Å². The Kier molecular flexibility index (Phi) is 4.02. The number of thiazole rings is 1. The molecule has 0 radical (unpaired) electrons. The first-order chi connectivity index (χ1) is 10.6. The van der Waals surface area contributed by atoms with Crippen molar-refractivity contribution in [3.05, 3.63) is 69.1 Å². The van der Waals surface area contributed by atoms with E-state index in [9.17, 15) is 9.59 Å². The number of nitrogens with one attached hydrogen (secondary N) is 1. The molecule has 2 heterocycles. The van der Waals surface area contributed by atoms with E-state index in [2.05, 4.69) is 10.3 Å². The fourth-order valence-corrected chi connectivity index (χ4v) is 2.83. The zero-order valence-electron chi connectivity index (χ0n) is 12.1. The molecule has 0 aliphatic rings. The lowest BCUT2D eigenvalue weighted by atomic mass is 10.1. The Morgan fingerprint density at radius 1 is 1.32 bits per heavy atom. The van der Waals surface area contributed by atoms with Gasteiger partial charge in [-0.05, 0) is 18.9 Å². The number of aryl methyl sites for hydroxylation is 1. The Balaban J connectivity index is 1.67. The molecule has 0 spiro atoms. The second-order valence-corrected chi connectivity index (χ2v) is 5.90. The summed E-state index contributed by atoms with van der Waals surface area (Å²) in [6.45, 7) is 2.51. The fourth-order valence-electron chi connectivity index (χ4n) is 2.15. The van der Waals surface area contributed by atoms with Crippen molar-refractivity contribution in [3.8, 4) is 0 Å². The Bertz CT molecular complexity index is 865. The second kappa shape index (κ2) is 6.11. The van der Waals surface area contributed by atoms with Crippen LogP contribution in [0.5, 0.6) is 0 Å². The topological polar surface area (TPSA) is 63.5 Å². The first-order valence-electron chi connectivity index (χ1n) is 6.94. The highest BCUT2D eigenvalue weighted by atomic mass is 32.1. The first kappa shape index (κ1) is 14.5. The van der Waals surface area contributed by atoms with Crippen LogP contribution in [0.3, 0.4) is 0 Å². The molecule has 1 N–H and O–H groups in total. The van der Waals surface area contributed by atoms with Crippen LogP contribution >= 0.6 is 11.3 Å². The number of fused-ring (bicyclic) bond motifs is 1.